The Hall–Kier alpha value is -3.02. The summed E-state index contributed by atoms with van der Waals surface area (Å²) in [5.41, 5.74) is 1.15. The van der Waals surface area contributed by atoms with E-state index in [9.17, 15) is 9.59 Å². The smallest absolute Gasteiger partial charge is 0.344 e. The second kappa shape index (κ2) is 9.46. The third kappa shape index (κ3) is 6.12. The lowest BCUT2D eigenvalue weighted by molar-refractivity contribution is -0.147. The Bertz CT molecular complexity index is 723. The molecule has 1 N–H and O–H groups in total. The van der Waals surface area contributed by atoms with Crippen LogP contribution in [0.1, 0.15) is 24.2 Å². The van der Waals surface area contributed by atoms with Gasteiger partial charge in [-0.1, -0.05) is 13.8 Å². The third-order valence-electron chi connectivity index (χ3n) is 3.40. The van der Waals surface area contributed by atoms with Gasteiger partial charge in [-0.2, -0.15) is 0 Å². The van der Waals surface area contributed by atoms with Crippen molar-refractivity contribution in [1.82, 2.24) is 0 Å². The quantitative estimate of drug-likeness (QED) is 0.732. The number of hydrogen-bond acceptors (Lipinski definition) is 5. The lowest BCUT2D eigenvalue weighted by atomic mass is 10.2. The molecule has 0 spiro atoms. The van der Waals surface area contributed by atoms with Gasteiger partial charge in [0.25, 0.3) is 5.91 Å². The van der Waals surface area contributed by atoms with Crippen molar-refractivity contribution in [2.45, 2.75) is 13.8 Å². The van der Waals surface area contributed by atoms with Crippen molar-refractivity contribution in [2.24, 2.45) is 5.92 Å². The fourth-order valence-electron chi connectivity index (χ4n) is 2.02. The molecule has 6 heteroatoms. The molecule has 0 radical (unpaired) electrons. The molecule has 1 amide bonds. The average molecular weight is 357 g/mol. The van der Waals surface area contributed by atoms with E-state index in [0.717, 1.165) is 5.75 Å². The van der Waals surface area contributed by atoms with Gasteiger partial charge in [-0.05, 0) is 54.4 Å². The van der Waals surface area contributed by atoms with Gasteiger partial charge in [0, 0.05) is 11.3 Å². The van der Waals surface area contributed by atoms with Crippen molar-refractivity contribution >= 4 is 17.6 Å². The second-order valence-electron chi connectivity index (χ2n) is 6.07. The Morgan fingerprint density at radius 2 is 1.58 bits per heavy atom. The molecule has 0 bridgehead atoms. The number of carbonyl (C=O) groups excluding carboxylic acids is 2. The maximum atomic E-state index is 12.2. The van der Waals surface area contributed by atoms with Gasteiger partial charge < -0.3 is 19.5 Å². The summed E-state index contributed by atoms with van der Waals surface area (Å²) in [4.78, 5) is 23.8. The topological polar surface area (TPSA) is 73.9 Å². The number of amides is 1. The first-order chi connectivity index (χ1) is 12.5. The van der Waals surface area contributed by atoms with Gasteiger partial charge in [-0.25, -0.2) is 4.79 Å². The van der Waals surface area contributed by atoms with E-state index in [4.69, 9.17) is 14.2 Å². The first-order valence-corrected chi connectivity index (χ1v) is 8.32. The van der Waals surface area contributed by atoms with Crippen molar-refractivity contribution in [3.63, 3.8) is 0 Å². The molecule has 2 rings (SSSR count). The van der Waals surface area contributed by atoms with Crippen LogP contribution in [0, 0.1) is 5.92 Å². The summed E-state index contributed by atoms with van der Waals surface area (Å²) in [6, 6.07) is 13.6. The van der Waals surface area contributed by atoms with E-state index in [1.54, 1.807) is 55.6 Å². The van der Waals surface area contributed by atoms with Crippen molar-refractivity contribution in [3.8, 4) is 11.5 Å². The monoisotopic (exact) mass is 357 g/mol. The molecule has 0 saturated carbocycles. The summed E-state index contributed by atoms with van der Waals surface area (Å²) in [6.07, 6.45) is 0. The van der Waals surface area contributed by atoms with Gasteiger partial charge in [0.1, 0.15) is 11.5 Å². The average Bonchev–Trinajstić information content (AvgIpc) is 2.65. The van der Waals surface area contributed by atoms with Crippen LogP contribution in [-0.2, 0) is 9.53 Å². The number of benzene rings is 2. The molecule has 26 heavy (non-hydrogen) atoms. The maximum absolute atomic E-state index is 12.2. The van der Waals surface area contributed by atoms with E-state index in [2.05, 4.69) is 5.32 Å². The van der Waals surface area contributed by atoms with Crippen LogP contribution in [0.25, 0.3) is 0 Å². The Morgan fingerprint density at radius 3 is 2.15 bits per heavy atom. The molecule has 2 aromatic rings. The predicted octanol–water partition coefficient (Wildman–Crippen LogP) is 3.53. The zero-order chi connectivity index (χ0) is 18.9. The molecule has 0 saturated heterocycles. The third-order valence-corrected chi connectivity index (χ3v) is 3.40. The molecule has 138 valence electrons. The summed E-state index contributed by atoms with van der Waals surface area (Å²) >= 11 is 0. The molecular formula is C20H23NO5. The van der Waals surface area contributed by atoms with E-state index in [0.29, 0.717) is 23.6 Å². The van der Waals surface area contributed by atoms with Crippen molar-refractivity contribution in [1.29, 1.82) is 0 Å². The molecule has 0 unspecified atom stereocenters. The fourth-order valence-corrected chi connectivity index (χ4v) is 2.02. The van der Waals surface area contributed by atoms with Crippen LogP contribution in [-0.4, -0.2) is 32.2 Å². The molecule has 0 atom stereocenters. The highest BCUT2D eigenvalue weighted by Crippen LogP contribution is 2.17. The Balaban J connectivity index is 1.85. The number of rotatable bonds is 8. The molecule has 0 aliphatic heterocycles. The SMILES string of the molecule is COc1ccc(NC(=O)c2ccc(OCC(=O)OCC(C)C)cc2)cc1. The fraction of sp³-hybridized carbons (Fsp3) is 0.300. The van der Waals surface area contributed by atoms with Crippen molar-refractivity contribution < 1.29 is 23.8 Å². The van der Waals surface area contributed by atoms with Gasteiger partial charge in [-0.3, -0.25) is 4.79 Å². The highest BCUT2D eigenvalue weighted by molar-refractivity contribution is 6.04. The predicted molar refractivity (Wildman–Crippen MR) is 98.7 cm³/mol. The number of carbonyl (C=O) groups is 2. The number of ether oxygens (including phenoxy) is 3. The Morgan fingerprint density at radius 1 is 0.962 bits per heavy atom. The summed E-state index contributed by atoms with van der Waals surface area (Å²) < 4.78 is 15.5. The lowest BCUT2D eigenvalue weighted by Crippen LogP contribution is -2.17. The molecule has 0 aromatic heterocycles. The van der Waals surface area contributed by atoms with Crippen LogP contribution in [0.15, 0.2) is 48.5 Å². The van der Waals surface area contributed by atoms with E-state index < -0.39 is 5.97 Å². The molecule has 0 aliphatic rings. The number of nitrogens with one attached hydrogen (secondary N) is 1. The van der Waals surface area contributed by atoms with Gasteiger partial charge in [0.05, 0.1) is 13.7 Å². The maximum Gasteiger partial charge on any atom is 0.344 e. The van der Waals surface area contributed by atoms with E-state index in [1.807, 2.05) is 13.8 Å². The first-order valence-electron chi connectivity index (χ1n) is 8.32. The summed E-state index contributed by atoms with van der Waals surface area (Å²) in [5, 5.41) is 2.80. The van der Waals surface area contributed by atoms with Gasteiger partial charge in [-0.15, -0.1) is 0 Å². The lowest BCUT2D eigenvalue weighted by Gasteiger charge is -2.09. The van der Waals surface area contributed by atoms with Crippen LogP contribution >= 0.6 is 0 Å². The normalized spacial score (nSPS) is 10.3. The molecule has 0 fully saturated rings. The van der Waals surface area contributed by atoms with E-state index >= 15 is 0 Å². The highest BCUT2D eigenvalue weighted by atomic mass is 16.6. The minimum Gasteiger partial charge on any atom is -0.497 e. The Labute approximate surface area is 153 Å². The number of anilines is 1. The minimum atomic E-state index is -0.417. The van der Waals surface area contributed by atoms with Gasteiger partial charge in [0.2, 0.25) is 0 Å². The molecule has 0 heterocycles. The van der Waals surface area contributed by atoms with Crippen LogP contribution in [0.4, 0.5) is 5.69 Å². The molecule has 2 aromatic carbocycles. The van der Waals surface area contributed by atoms with Crippen LogP contribution in [0.2, 0.25) is 0 Å². The Kier molecular flexibility index (Phi) is 7.02. The second-order valence-corrected chi connectivity index (χ2v) is 6.07. The van der Waals surface area contributed by atoms with Gasteiger partial charge >= 0.3 is 5.97 Å². The largest absolute Gasteiger partial charge is 0.497 e. The van der Waals surface area contributed by atoms with Crippen molar-refractivity contribution in [2.75, 3.05) is 25.6 Å². The first kappa shape index (κ1) is 19.3. The standard InChI is InChI=1S/C20H23NO5/c1-14(2)12-26-19(22)13-25-18-8-4-15(5-9-18)20(23)21-16-6-10-17(24-3)11-7-16/h4-11,14H,12-13H2,1-3H3,(H,21,23). The minimum absolute atomic E-state index is 0.163. The summed E-state index contributed by atoms with van der Waals surface area (Å²) in [7, 11) is 1.58. The van der Waals surface area contributed by atoms with Crippen LogP contribution < -0.4 is 14.8 Å². The summed E-state index contributed by atoms with van der Waals surface area (Å²) in [5.74, 6) is 0.837. The van der Waals surface area contributed by atoms with Gasteiger partial charge in [0.15, 0.2) is 6.61 Å². The van der Waals surface area contributed by atoms with Crippen LogP contribution in [0.5, 0.6) is 11.5 Å². The number of hydrogen-bond donors (Lipinski definition) is 1. The van der Waals surface area contributed by atoms with Crippen molar-refractivity contribution in [3.05, 3.63) is 54.1 Å². The zero-order valence-electron chi connectivity index (χ0n) is 15.2. The van der Waals surface area contributed by atoms with E-state index in [-0.39, 0.29) is 18.4 Å². The summed E-state index contributed by atoms with van der Waals surface area (Å²) in [6.45, 7) is 4.13. The van der Waals surface area contributed by atoms with Crippen LogP contribution in [0.3, 0.4) is 0 Å². The number of esters is 1. The molecule has 0 aliphatic carbocycles. The molecule has 6 nitrogen and oxygen atoms in total. The highest BCUT2D eigenvalue weighted by Gasteiger charge is 2.08. The molecular weight excluding hydrogens is 334 g/mol. The van der Waals surface area contributed by atoms with E-state index in [1.165, 1.54) is 0 Å². The number of methoxy groups -OCH3 is 1. The zero-order valence-corrected chi connectivity index (χ0v) is 15.2.